The van der Waals surface area contributed by atoms with Gasteiger partial charge in [-0.25, -0.2) is 4.39 Å². The van der Waals surface area contributed by atoms with Crippen molar-refractivity contribution in [1.82, 2.24) is 15.4 Å². The van der Waals surface area contributed by atoms with Crippen LogP contribution in [0.15, 0.2) is 16.7 Å². The number of aryl methyl sites for hydroxylation is 1. The standard InChI is InChI=1S/C24H35FN4O3/c1-16-14-20-22(15-21(16)25)32-27-23(20)29-12-10-28(11-13-29)9-8-18-4-6-19(7-5-18)26-24(30)17(2)31-3/h14-15,17-19H,4-13H2,1-3H3,(H,26,30)/t17?,18-,19-. The number of ether oxygens (including phenoxy) is 1. The van der Waals surface area contributed by atoms with E-state index < -0.39 is 0 Å². The molecular weight excluding hydrogens is 411 g/mol. The molecule has 1 atom stereocenters. The summed E-state index contributed by atoms with van der Waals surface area (Å²) in [7, 11) is 1.57. The van der Waals surface area contributed by atoms with Crippen LogP contribution in [0, 0.1) is 18.7 Å². The molecule has 2 aromatic rings. The van der Waals surface area contributed by atoms with Crippen LogP contribution in [0.25, 0.3) is 11.0 Å². The Morgan fingerprint density at radius 1 is 1.25 bits per heavy atom. The fraction of sp³-hybridized carbons (Fsp3) is 0.667. The zero-order valence-corrected chi connectivity index (χ0v) is 19.4. The normalized spacial score (nSPS) is 23.4. The van der Waals surface area contributed by atoms with Crippen molar-refractivity contribution >= 4 is 22.7 Å². The average Bonchev–Trinajstić information content (AvgIpc) is 3.21. The van der Waals surface area contributed by atoms with Crippen LogP contribution in [-0.2, 0) is 9.53 Å². The molecule has 1 N–H and O–H groups in total. The molecule has 4 rings (SSSR count). The van der Waals surface area contributed by atoms with Crippen LogP contribution in [0.2, 0.25) is 0 Å². The number of carbonyl (C=O) groups is 1. The number of rotatable bonds is 7. The van der Waals surface area contributed by atoms with Gasteiger partial charge in [0.15, 0.2) is 11.4 Å². The van der Waals surface area contributed by atoms with Gasteiger partial charge in [-0.05, 0) is 70.0 Å². The number of nitrogens with one attached hydrogen (secondary N) is 1. The first-order valence-electron chi connectivity index (χ1n) is 11.8. The van der Waals surface area contributed by atoms with E-state index in [0.717, 1.165) is 62.7 Å². The smallest absolute Gasteiger partial charge is 0.249 e. The van der Waals surface area contributed by atoms with E-state index in [9.17, 15) is 9.18 Å². The molecule has 32 heavy (non-hydrogen) atoms. The Morgan fingerprint density at radius 3 is 2.66 bits per heavy atom. The van der Waals surface area contributed by atoms with Gasteiger partial charge >= 0.3 is 0 Å². The predicted octanol–water partition coefficient (Wildman–Crippen LogP) is 3.50. The van der Waals surface area contributed by atoms with Crippen molar-refractivity contribution in [2.24, 2.45) is 5.92 Å². The molecule has 176 valence electrons. The van der Waals surface area contributed by atoms with Gasteiger partial charge in [-0.3, -0.25) is 9.69 Å². The second kappa shape index (κ2) is 10.2. The van der Waals surface area contributed by atoms with E-state index >= 15 is 0 Å². The van der Waals surface area contributed by atoms with E-state index in [0.29, 0.717) is 11.1 Å². The Hall–Kier alpha value is -2.19. The molecule has 1 aliphatic carbocycles. The van der Waals surface area contributed by atoms with Gasteiger partial charge in [0.1, 0.15) is 11.9 Å². The molecule has 2 aliphatic rings. The molecule has 1 aromatic heterocycles. The van der Waals surface area contributed by atoms with Crippen molar-refractivity contribution in [1.29, 1.82) is 0 Å². The number of hydrogen-bond donors (Lipinski definition) is 1. The Kier molecular flexibility index (Phi) is 7.30. The molecule has 1 unspecified atom stereocenters. The Balaban J connectivity index is 1.20. The summed E-state index contributed by atoms with van der Waals surface area (Å²) in [5.74, 6) is 1.30. The molecule has 7 nitrogen and oxygen atoms in total. The predicted molar refractivity (Wildman–Crippen MR) is 122 cm³/mol. The van der Waals surface area contributed by atoms with Crippen molar-refractivity contribution < 1.29 is 18.4 Å². The van der Waals surface area contributed by atoms with Crippen LogP contribution in [0.4, 0.5) is 10.2 Å². The molecule has 8 heteroatoms. The second-order valence-corrected chi connectivity index (χ2v) is 9.33. The lowest BCUT2D eigenvalue weighted by Gasteiger charge is -2.36. The molecule has 1 saturated carbocycles. The molecule has 1 aliphatic heterocycles. The number of piperazine rings is 1. The number of hydrogen-bond acceptors (Lipinski definition) is 6. The first-order valence-corrected chi connectivity index (χ1v) is 11.8. The van der Waals surface area contributed by atoms with Gasteiger partial charge in [0.25, 0.3) is 0 Å². The van der Waals surface area contributed by atoms with E-state index in [4.69, 9.17) is 9.26 Å². The summed E-state index contributed by atoms with van der Waals surface area (Å²) in [6.07, 6.45) is 5.28. The minimum absolute atomic E-state index is 0.00555. The van der Waals surface area contributed by atoms with Crippen LogP contribution >= 0.6 is 0 Å². The molecule has 1 amide bonds. The highest BCUT2D eigenvalue weighted by atomic mass is 19.1. The number of halogens is 1. The molecule has 0 bridgehead atoms. The Labute approximate surface area is 189 Å². The summed E-state index contributed by atoms with van der Waals surface area (Å²) in [6, 6.07) is 3.54. The van der Waals surface area contributed by atoms with Crippen LogP contribution in [0.1, 0.15) is 44.6 Å². The molecule has 0 radical (unpaired) electrons. The largest absolute Gasteiger partial charge is 0.372 e. The van der Waals surface area contributed by atoms with E-state index in [1.165, 1.54) is 25.3 Å². The fourth-order valence-electron chi connectivity index (χ4n) is 4.85. The van der Waals surface area contributed by atoms with Crippen molar-refractivity contribution in [2.75, 3.05) is 44.7 Å². The maximum atomic E-state index is 13.8. The highest BCUT2D eigenvalue weighted by molar-refractivity contribution is 5.89. The lowest BCUT2D eigenvalue weighted by atomic mass is 9.84. The van der Waals surface area contributed by atoms with Gasteiger partial charge in [0.05, 0.1) is 5.39 Å². The van der Waals surface area contributed by atoms with Crippen molar-refractivity contribution in [2.45, 2.75) is 58.1 Å². The number of aromatic nitrogens is 1. The average molecular weight is 447 g/mol. The third-order valence-electron chi connectivity index (χ3n) is 7.17. The fourth-order valence-corrected chi connectivity index (χ4v) is 4.85. The number of fused-ring (bicyclic) bond motifs is 1. The summed E-state index contributed by atoms with van der Waals surface area (Å²) in [5.41, 5.74) is 1.12. The van der Waals surface area contributed by atoms with Gasteiger partial charge in [-0.2, -0.15) is 0 Å². The molecule has 1 aromatic carbocycles. The van der Waals surface area contributed by atoms with Crippen molar-refractivity contribution in [3.63, 3.8) is 0 Å². The van der Waals surface area contributed by atoms with Gasteiger partial charge in [0.2, 0.25) is 5.91 Å². The molecule has 0 spiro atoms. The summed E-state index contributed by atoms with van der Waals surface area (Å²) in [6.45, 7) is 8.45. The van der Waals surface area contributed by atoms with Gasteiger partial charge in [0, 0.05) is 45.4 Å². The van der Waals surface area contributed by atoms with Gasteiger partial charge in [-0.15, -0.1) is 0 Å². The van der Waals surface area contributed by atoms with Crippen LogP contribution in [0.5, 0.6) is 0 Å². The summed E-state index contributed by atoms with van der Waals surface area (Å²) >= 11 is 0. The first kappa shape index (κ1) is 23.0. The van der Waals surface area contributed by atoms with Crippen molar-refractivity contribution in [3.05, 3.63) is 23.5 Å². The third kappa shape index (κ3) is 5.23. The summed E-state index contributed by atoms with van der Waals surface area (Å²) in [5, 5.41) is 8.23. The second-order valence-electron chi connectivity index (χ2n) is 9.33. The molecule has 1 saturated heterocycles. The Bertz CT molecular complexity index is 917. The molecule has 2 fully saturated rings. The van der Waals surface area contributed by atoms with Crippen molar-refractivity contribution in [3.8, 4) is 0 Å². The molecular formula is C24H35FN4O3. The van der Waals surface area contributed by atoms with Gasteiger partial charge < -0.3 is 19.5 Å². The monoisotopic (exact) mass is 446 g/mol. The summed E-state index contributed by atoms with van der Waals surface area (Å²) < 4.78 is 24.2. The first-order chi connectivity index (χ1) is 15.4. The number of methoxy groups -OCH3 is 1. The molecule has 2 heterocycles. The number of benzene rings is 1. The number of amides is 1. The number of anilines is 1. The van der Waals surface area contributed by atoms with E-state index in [1.807, 2.05) is 6.07 Å². The summed E-state index contributed by atoms with van der Waals surface area (Å²) in [4.78, 5) is 16.8. The topological polar surface area (TPSA) is 70.8 Å². The minimum atomic E-state index is -0.383. The zero-order chi connectivity index (χ0) is 22.7. The zero-order valence-electron chi connectivity index (χ0n) is 19.4. The van der Waals surface area contributed by atoms with E-state index in [1.54, 1.807) is 21.0 Å². The number of nitrogens with zero attached hydrogens (tertiary/aromatic N) is 3. The lowest BCUT2D eigenvalue weighted by molar-refractivity contribution is -0.131. The van der Waals surface area contributed by atoms with Crippen LogP contribution in [-0.4, -0.2) is 67.9 Å². The van der Waals surface area contributed by atoms with E-state index in [2.05, 4.69) is 20.3 Å². The Morgan fingerprint density at radius 2 is 1.97 bits per heavy atom. The maximum Gasteiger partial charge on any atom is 0.249 e. The van der Waals surface area contributed by atoms with Crippen LogP contribution < -0.4 is 10.2 Å². The third-order valence-corrected chi connectivity index (χ3v) is 7.17. The van der Waals surface area contributed by atoms with Gasteiger partial charge in [-0.1, -0.05) is 5.16 Å². The highest BCUT2D eigenvalue weighted by Crippen LogP contribution is 2.30. The lowest BCUT2D eigenvalue weighted by Crippen LogP contribution is -2.47. The highest BCUT2D eigenvalue weighted by Gasteiger charge is 2.26. The minimum Gasteiger partial charge on any atom is -0.372 e. The quantitative estimate of drug-likeness (QED) is 0.702. The number of carbonyl (C=O) groups excluding carboxylic acids is 1. The maximum absolute atomic E-state index is 13.8. The van der Waals surface area contributed by atoms with Crippen LogP contribution in [0.3, 0.4) is 0 Å². The SMILES string of the molecule is COC(C)C(=O)N[C@H]1CC[C@H](CCN2CCN(c3noc4cc(F)c(C)cc34)CC2)CC1. The van der Waals surface area contributed by atoms with E-state index in [-0.39, 0.29) is 23.9 Å².